The summed E-state index contributed by atoms with van der Waals surface area (Å²) in [5, 5.41) is 5.71. The lowest BCUT2D eigenvalue weighted by molar-refractivity contribution is 0.376. The van der Waals surface area contributed by atoms with Crippen LogP contribution in [0.5, 0.6) is 0 Å². The zero-order valence-electron chi connectivity index (χ0n) is 18.0. The standard InChI is InChI=1S/C20H21F2N3O6S2/c1-10-5-7-15(22)17(11(10)2)12(3)18(19-23-24-20(26)31-19)25-33(29,30)13-6-8-14(21)16(9-13)32(4,27)28/h5-9,12,18,25H,1-4H3,(H,24,26)/t12-,18+/m1/s1. The van der Waals surface area contributed by atoms with Crippen LogP contribution in [0.1, 0.15) is 41.5 Å². The van der Waals surface area contributed by atoms with Gasteiger partial charge in [0.1, 0.15) is 22.6 Å². The van der Waals surface area contributed by atoms with Crippen LogP contribution < -0.4 is 10.5 Å². The van der Waals surface area contributed by atoms with Crippen molar-refractivity contribution in [2.75, 3.05) is 6.26 Å². The number of aryl methyl sites for hydroxylation is 1. The highest BCUT2D eigenvalue weighted by atomic mass is 32.2. The molecule has 3 aromatic rings. The fourth-order valence-corrected chi connectivity index (χ4v) is 5.57. The van der Waals surface area contributed by atoms with E-state index >= 15 is 0 Å². The average molecular weight is 502 g/mol. The van der Waals surface area contributed by atoms with Crippen LogP contribution >= 0.6 is 0 Å². The van der Waals surface area contributed by atoms with Crippen molar-refractivity contribution in [2.24, 2.45) is 0 Å². The van der Waals surface area contributed by atoms with E-state index in [9.17, 15) is 30.4 Å². The number of sulfone groups is 1. The van der Waals surface area contributed by atoms with Gasteiger partial charge >= 0.3 is 5.76 Å². The predicted octanol–water partition coefficient (Wildman–Crippen LogP) is 2.48. The highest BCUT2D eigenvalue weighted by molar-refractivity contribution is 7.91. The molecule has 0 fully saturated rings. The van der Waals surface area contributed by atoms with Gasteiger partial charge < -0.3 is 4.42 Å². The summed E-state index contributed by atoms with van der Waals surface area (Å²) < 4.78 is 85.8. The number of hydrogen-bond donors (Lipinski definition) is 2. The Bertz CT molecular complexity index is 1480. The highest BCUT2D eigenvalue weighted by Gasteiger charge is 2.34. The minimum absolute atomic E-state index is 0.171. The van der Waals surface area contributed by atoms with Crippen LogP contribution in [0.4, 0.5) is 8.78 Å². The van der Waals surface area contributed by atoms with Crippen molar-refractivity contribution in [3.63, 3.8) is 0 Å². The van der Waals surface area contributed by atoms with Crippen molar-refractivity contribution in [3.05, 3.63) is 75.1 Å². The van der Waals surface area contributed by atoms with Gasteiger partial charge in [-0.2, -0.15) is 4.72 Å². The lowest BCUT2D eigenvalue weighted by Crippen LogP contribution is -2.33. The van der Waals surface area contributed by atoms with Crippen molar-refractivity contribution >= 4 is 19.9 Å². The molecule has 0 radical (unpaired) electrons. The fraction of sp³-hybridized carbons (Fsp3) is 0.300. The molecule has 0 saturated carbocycles. The van der Waals surface area contributed by atoms with Crippen LogP contribution in [0.15, 0.2) is 49.3 Å². The van der Waals surface area contributed by atoms with Gasteiger partial charge in [0.05, 0.1) is 4.90 Å². The largest absolute Gasteiger partial charge is 0.434 e. The first kappa shape index (κ1) is 24.7. The molecule has 1 heterocycles. The number of halogens is 2. The molecule has 9 nitrogen and oxygen atoms in total. The van der Waals surface area contributed by atoms with Gasteiger partial charge in [0, 0.05) is 12.2 Å². The number of aromatic amines is 1. The Morgan fingerprint density at radius 1 is 1.06 bits per heavy atom. The second-order valence-electron chi connectivity index (χ2n) is 7.61. The van der Waals surface area contributed by atoms with Crippen molar-refractivity contribution in [2.45, 2.75) is 42.5 Å². The lowest BCUT2D eigenvalue weighted by atomic mass is 9.88. The molecule has 2 aromatic carbocycles. The first-order valence-electron chi connectivity index (χ1n) is 9.55. The van der Waals surface area contributed by atoms with Crippen molar-refractivity contribution in [1.82, 2.24) is 14.9 Å². The Morgan fingerprint density at radius 3 is 2.27 bits per heavy atom. The number of nitrogens with zero attached hydrogens (tertiary/aromatic N) is 1. The van der Waals surface area contributed by atoms with Gasteiger partial charge in [0.2, 0.25) is 15.9 Å². The third kappa shape index (κ3) is 5.04. The molecule has 3 rings (SSSR count). The summed E-state index contributed by atoms with van der Waals surface area (Å²) in [6.07, 6.45) is 0.738. The number of aromatic nitrogens is 2. The third-order valence-corrected chi connectivity index (χ3v) is 7.85. The van der Waals surface area contributed by atoms with Gasteiger partial charge in [-0.3, -0.25) is 0 Å². The van der Waals surface area contributed by atoms with Crippen LogP contribution in [-0.2, 0) is 19.9 Å². The SMILES string of the molecule is Cc1ccc(F)c([C@@H](C)[C@H](NS(=O)(=O)c2ccc(F)c(S(C)(=O)=O)c2)c2n[nH]c(=O)o2)c1C. The predicted molar refractivity (Wildman–Crippen MR) is 114 cm³/mol. The number of hydrogen-bond acceptors (Lipinski definition) is 7. The first-order chi connectivity index (χ1) is 15.2. The molecule has 0 amide bonds. The summed E-state index contributed by atoms with van der Waals surface area (Å²) in [5.74, 6) is -3.95. The summed E-state index contributed by atoms with van der Waals surface area (Å²) >= 11 is 0. The molecule has 0 saturated heterocycles. The molecule has 178 valence electrons. The molecule has 33 heavy (non-hydrogen) atoms. The van der Waals surface area contributed by atoms with Gasteiger partial charge in [-0.05, 0) is 54.8 Å². The van der Waals surface area contributed by atoms with Crippen LogP contribution in [0.3, 0.4) is 0 Å². The number of nitrogens with one attached hydrogen (secondary N) is 2. The van der Waals surface area contributed by atoms with E-state index in [1.165, 1.54) is 13.0 Å². The maximum absolute atomic E-state index is 14.7. The number of benzene rings is 2. The normalized spacial score (nSPS) is 14.2. The van der Waals surface area contributed by atoms with E-state index in [-0.39, 0.29) is 11.5 Å². The zero-order chi connectivity index (χ0) is 24.7. The van der Waals surface area contributed by atoms with E-state index < -0.39 is 59.0 Å². The van der Waals surface area contributed by atoms with E-state index in [4.69, 9.17) is 4.42 Å². The number of sulfonamides is 1. The Kier molecular flexibility index (Phi) is 6.60. The second kappa shape index (κ2) is 8.80. The topological polar surface area (TPSA) is 139 Å². The van der Waals surface area contributed by atoms with E-state index in [0.29, 0.717) is 17.7 Å². The molecular weight excluding hydrogens is 480 g/mol. The van der Waals surface area contributed by atoms with E-state index in [1.807, 2.05) is 5.10 Å². The summed E-state index contributed by atoms with van der Waals surface area (Å²) in [5.41, 5.74) is 1.48. The summed E-state index contributed by atoms with van der Waals surface area (Å²) in [7, 11) is -8.57. The third-order valence-electron chi connectivity index (χ3n) is 5.30. The van der Waals surface area contributed by atoms with Crippen molar-refractivity contribution in [3.8, 4) is 0 Å². The lowest BCUT2D eigenvalue weighted by Gasteiger charge is -2.25. The highest BCUT2D eigenvalue weighted by Crippen LogP contribution is 2.35. The fourth-order valence-electron chi connectivity index (χ4n) is 3.44. The van der Waals surface area contributed by atoms with Gasteiger partial charge in [0.25, 0.3) is 0 Å². The minimum atomic E-state index is -4.51. The number of rotatable bonds is 7. The Balaban J connectivity index is 2.13. The zero-order valence-corrected chi connectivity index (χ0v) is 19.6. The molecule has 0 aliphatic heterocycles. The van der Waals surface area contributed by atoms with Crippen LogP contribution in [0.2, 0.25) is 0 Å². The molecule has 0 aliphatic carbocycles. The molecule has 0 bridgehead atoms. The molecule has 2 atom stereocenters. The molecular formula is C20H21F2N3O6S2. The Morgan fingerprint density at radius 2 is 1.70 bits per heavy atom. The smallest absolute Gasteiger partial charge is 0.391 e. The molecule has 13 heteroatoms. The van der Waals surface area contributed by atoms with Crippen LogP contribution in [0, 0.1) is 25.5 Å². The first-order valence-corrected chi connectivity index (χ1v) is 12.9. The van der Waals surface area contributed by atoms with Crippen LogP contribution in [-0.4, -0.2) is 33.3 Å². The van der Waals surface area contributed by atoms with Crippen LogP contribution in [0.25, 0.3) is 0 Å². The Labute approximate surface area is 188 Å². The molecule has 1 aromatic heterocycles. The van der Waals surface area contributed by atoms with Gasteiger partial charge in [0.15, 0.2) is 9.84 Å². The molecule has 0 aliphatic rings. The summed E-state index contributed by atoms with van der Waals surface area (Å²) in [6, 6.07) is 3.71. The second-order valence-corrected chi connectivity index (χ2v) is 11.3. The summed E-state index contributed by atoms with van der Waals surface area (Å²) in [4.78, 5) is 10.2. The maximum atomic E-state index is 14.7. The van der Waals surface area contributed by atoms with Gasteiger partial charge in [-0.15, -0.1) is 5.10 Å². The monoisotopic (exact) mass is 501 g/mol. The van der Waals surface area contributed by atoms with E-state index in [2.05, 4.69) is 9.82 Å². The minimum Gasteiger partial charge on any atom is -0.391 e. The molecule has 2 N–H and O–H groups in total. The summed E-state index contributed by atoms with van der Waals surface area (Å²) in [6.45, 7) is 4.93. The number of H-pyrrole nitrogens is 1. The average Bonchev–Trinajstić information content (AvgIpc) is 3.14. The molecule has 0 unspecified atom stereocenters. The van der Waals surface area contributed by atoms with E-state index in [1.54, 1.807) is 19.9 Å². The maximum Gasteiger partial charge on any atom is 0.434 e. The quantitative estimate of drug-likeness (QED) is 0.507. The van der Waals surface area contributed by atoms with E-state index in [0.717, 1.165) is 17.9 Å². The van der Waals surface area contributed by atoms with Crippen molar-refractivity contribution < 1.29 is 30.0 Å². The Hall–Kier alpha value is -2.90. The van der Waals surface area contributed by atoms with Gasteiger partial charge in [-0.1, -0.05) is 13.0 Å². The molecule has 0 spiro atoms. The van der Waals surface area contributed by atoms with Gasteiger partial charge in [-0.25, -0.2) is 35.5 Å². The van der Waals surface area contributed by atoms with Crippen molar-refractivity contribution in [1.29, 1.82) is 0 Å².